The minimum atomic E-state index is -4.71. The highest BCUT2D eigenvalue weighted by molar-refractivity contribution is 5.71. The molecule has 9 heteroatoms. The Bertz CT molecular complexity index is 597. The van der Waals surface area contributed by atoms with Crippen LogP contribution in [0.2, 0.25) is 0 Å². The molecule has 0 aliphatic carbocycles. The number of hydrogen-bond donors (Lipinski definition) is 1. The van der Waals surface area contributed by atoms with E-state index < -0.39 is 29.3 Å². The van der Waals surface area contributed by atoms with Gasteiger partial charge in [-0.2, -0.15) is 13.2 Å². The molecular weight excluding hydrogens is 279 g/mol. The zero-order valence-electron chi connectivity index (χ0n) is 10.5. The fraction of sp³-hybridized carbons (Fsp3) is 0.545. The average Bonchev–Trinajstić information content (AvgIpc) is 2.80. The molecule has 2 rings (SSSR count). The standard InChI is InChI=1S/C11H12F3N3O3/c1-16-8(18)4-7(11(12,13)14)15-10(16)17-3-2-6(5-17)9(19)20/h4,6H,2-3,5H2,1H3,(H,19,20)/t6-/m1/s1. The molecule has 2 heterocycles. The molecule has 1 fully saturated rings. The molecule has 0 bridgehead atoms. The van der Waals surface area contributed by atoms with Crippen LogP contribution in [0.25, 0.3) is 0 Å². The fourth-order valence-electron chi connectivity index (χ4n) is 2.10. The molecule has 0 saturated carbocycles. The van der Waals surface area contributed by atoms with Crippen molar-refractivity contribution in [3.05, 3.63) is 22.1 Å². The normalized spacial score (nSPS) is 19.4. The Labute approximate surface area is 111 Å². The highest BCUT2D eigenvalue weighted by atomic mass is 19.4. The molecule has 110 valence electrons. The minimum absolute atomic E-state index is 0.0386. The summed E-state index contributed by atoms with van der Waals surface area (Å²) in [4.78, 5) is 27.3. The Morgan fingerprint density at radius 3 is 2.65 bits per heavy atom. The van der Waals surface area contributed by atoms with Gasteiger partial charge in [0.25, 0.3) is 5.56 Å². The van der Waals surface area contributed by atoms with Crippen molar-refractivity contribution in [1.29, 1.82) is 0 Å². The number of alkyl halides is 3. The van der Waals surface area contributed by atoms with E-state index in [1.807, 2.05) is 0 Å². The molecule has 0 unspecified atom stereocenters. The van der Waals surface area contributed by atoms with E-state index in [4.69, 9.17) is 5.11 Å². The number of halogens is 3. The smallest absolute Gasteiger partial charge is 0.433 e. The van der Waals surface area contributed by atoms with Crippen molar-refractivity contribution in [3.8, 4) is 0 Å². The summed E-state index contributed by atoms with van der Waals surface area (Å²) >= 11 is 0. The SMILES string of the molecule is Cn1c(N2CC[C@@H](C(=O)O)C2)nc(C(F)(F)F)cc1=O. The third-order valence-corrected chi connectivity index (χ3v) is 3.22. The zero-order valence-corrected chi connectivity index (χ0v) is 10.5. The Morgan fingerprint density at radius 1 is 1.50 bits per heavy atom. The molecule has 1 atom stereocenters. The van der Waals surface area contributed by atoms with Crippen molar-refractivity contribution in [3.63, 3.8) is 0 Å². The van der Waals surface area contributed by atoms with E-state index in [-0.39, 0.29) is 19.0 Å². The third-order valence-electron chi connectivity index (χ3n) is 3.22. The fourth-order valence-corrected chi connectivity index (χ4v) is 2.10. The van der Waals surface area contributed by atoms with Gasteiger partial charge in [0.05, 0.1) is 5.92 Å². The first-order valence-corrected chi connectivity index (χ1v) is 5.83. The lowest BCUT2D eigenvalue weighted by Gasteiger charge is -2.20. The van der Waals surface area contributed by atoms with Gasteiger partial charge in [-0.1, -0.05) is 0 Å². The van der Waals surface area contributed by atoms with Gasteiger partial charge in [0.1, 0.15) is 0 Å². The van der Waals surface area contributed by atoms with Crippen LogP contribution in [-0.2, 0) is 18.0 Å². The number of aliphatic carboxylic acids is 1. The highest BCUT2D eigenvalue weighted by Gasteiger charge is 2.36. The van der Waals surface area contributed by atoms with Crippen LogP contribution in [-0.4, -0.2) is 33.7 Å². The van der Waals surface area contributed by atoms with Crippen LogP contribution >= 0.6 is 0 Å². The maximum atomic E-state index is 12.6. The van der Waals surface area contributed by atoms with E-state index in [9.17, 15) is 22.8 Å². The quantitative estimate of drug-likeness (QED) is 0.868. The molecule has 1 saturated heterocycles. The number of aromatic nitrogens is 2. The van der Waals surface area contributed by atoms with Gasteiger partial charge >= 0.3 is 12.1 Å². The van der Waals surface area contributed by atoms with Crippen LogP contribution in [0.4, 0.5) is 19.1 Å². The van der Waals surface area contributed by atoms with Gasteiger partial charge in [-0.05, 0) is 6.42 Å². The second-order valence-electron chi connectivity index (χ2n) is 4.61. The van der Waals surface area contributed by atoms with Crippen LogP contribution in [0.1, 0.15) is 12.1 Å². The summed E-state index contributed by atoms with van der Waals surface area (Å²) in [6.07, 6.45) is -4.41. The van der Waals surface area contributed by atoms with Gasteiger partial charge in [0.15, 0.2) is 5.69 Å². The molecular formula is C11H12F3N3O3. The van der Waals surface area contributed by atoms with Gasteiger partial charge in [-0.15, -0.1) is 0 Å². The maximum Gasteiger partial charge on any atom is 0.433 e. The summed E-state index contributed by atoms with van der Waals surface area (Å²) in [7, 11) is 1.30. The third kappa shape index (κ3) is 2.61. The van der Waals surface area contributed by atoms with E-state index in [1.165, 1.54) is 11.9 Å². The molecule has 0 aromatic carbocycles. The summed E-state index contributed by atoms with van der Waals surface area (Å²) < 4.78 is 38.9. The lowest BCUT2D eigenvalue weighted by atomic mass is 10.1. The summed E-state index contributed by atoms with van der Waals surface area (Å²) in [5, 5.41) is 8.89. The van der Waals surface area contributed by atoms with E-state index in [0.29, 0.717) is 12.5 Å². The monoisotopic (exact) mass is 291 g/mol. The number of carboxylic acid groups (broad SMARTS) is 1. The Kier molecular flexibility index (Phi) is 3.45. The Balaban J connectivity index is 2.40. The number of nitrogens with zero attached hydrogens (tertiary/aromatic N) is 3. The molecule has 0 radical (unpaired) electrons. The van der Waals surface area contributed by atoms with Crippen LogP contribution in [0.15, 0.2) is 10.9 Å². The van der Waals surface area contributed by atoms with E-state index in [1.54, 1.807) is 0 Å². The molecule has 1 aromatic rings. The molecule has 0 spiro atoms. The van der Waals surface area contributed by atoms with Gasteiger partial charge in [0.2, 0.25) is 5.95 Å². The molecule has 1 N–H and O–H groups in total. The molecule has 20 heavy (non-hydrogen) atoms. The van der Waals surface area contributed by atoms with Crippen molar-refractivity contribution in [1.82, 2.24) is 9.55 Å². The summed E-state index contributed by atoms with van der Waals surface area (Å²) in [5.41, 5.74) is -2.10. The predicted molar refractivity (Wildman–Crippen MR) is 62.4 cm³/mol. The second kappa shape index (κ2) is 4.80. The van der Waals surface area contributed by atoms with Crippen molar-refractivity contribution in [2.24, 2.45) is 13.0 Å². The summed E-state index contributed by atoms with van der Waals surface area (Å²) in [6, 6.07) is 0.425. The van der Waals surface area contributed by atoms with Gasteiger partial charge in [-0.25, -0.2) is 4.98 Å². The predicted octanol–water partition coefficient (Wildman–Crippen LogP) is 0.710. The van der Waals surface area contributed by atoms with Crippen molar-refractivity contribution >= 4 is 11.9 Å². The Morgan fingerprint density at radius 2 is 2.15 bits per heavy atom. The first kappa shape index (κ1) is 14.4. The van der Waals surface area contributed by atoms with Crippen molar-refractivity contribution in [2.45, 2.75) is 12.6 Å². The number of anilines is 1. The van der Waals surface area contributed by atoms with Gasteiger partial charge in [-0.3, -0.25) is 14.2 Å². The topological polar surface area (TPSA) is 75.4 Å². The highest BCUT2D eigenvalue weighted by Crippen LogP contribution is 2.29. The molecule has 1 aromatic heterocycles. The number of carboxylic acids is 1. The van der Waals surface area contributed by atoms with Gasteiger partial charge < -0.3 is 10.0 Å². The minimum Gasteiger partial charge on any atom is -0.481 e. The summed E-state index contributed by atoms with van der Waals surface area (Å²) in [5.74, 6) is -1.83. The van der Waals surface area contributed by atoms with Crippen LogP contribution in [0.3, 0.4) is 0 Å². The zero-order chi connectivity index (χ0) is 15.1. The number of rotatable bonds is 2. The lowest BCUT2D eigenvalue weighted by molar-refractivity contribution is -0.142. The Hall–Kier alpha value is -2.06. The number of carbonyl (C=O) groups is 1. The van der Waals surface area contributed by atoms with Crippen LogP contribution in [0, 0.1) is 5.92 Å². The first-order valence-electron chi connectivity index (χ1n) is 5.83. The second-order valence-corrected chi connectivity index (χ2v) is 4.61. The first-order chi connectivity index (χ1) is 9.20. The molecule has 0 amide bonds. The largest absolute Gasteiger partial charge is 0.481 e. The van der Waals surface area contributed by atoms with Crippen molar-refractivity contribution in [2.75, 3.05) is 18.0 Å². The van der Waals surface area contributed by atoms with Crippen LogP contribution < -0.4 is 10.5 Å². The maximum absolute atomic E-state index is 12.6. The molecule has 1 aliphatic heterocycles. The van der Waals surface area contributed by atoms with Gasteiger partial charge in [0, 0.05) is 26.2 Å². The molecule has 6 nitrogen and oxygen atoms in total. The van der Waals surface area contributed by atoms with E-state index in [2.05, 4.69) is 4.98 Å². The summed E-state index contributed by atoms with van der Waals surface area (Å²) in [6.45, 7) is 0.287. The lowest BCUT2D eigenvalue weighted by Crippen LogP contribution is -2.32. The average molecular weight is 291 g/mol. The number of hydrogen-bond acceptors (Lipinski definition) is 4. The van der Waals surface area contributed by atoms with E-state index in [0.717, 1.165) is 4.57 Å². The van der Waals surface area contributed by atoms with Crippen molar-refractivity contribution < 1.29 is 23.1 Å². The molecule has 1 aliphatic rings. The van der Waals surface area contributed by atoms with Crippen LogP contribution in [0.5, 0.6) is 0 Å². The van der Waals surface area contributed by atoms with E-state index >= 15 is 0 Å².